The monoisotopic (exact) mass is 257 g/mol. The molecule has 18 heavy (non-hydrogen) atoms. The molecule has 0 radical (unpaired) electrons. The molecule has 0 spiro atoms. The smallest absolute Gasteiger partial charge is 0.231 e. The summed E-state index contributed by atoms with van der Waals surface area (Å²) in [6.07, 6.45) is 2.25. The molecule has 2 N–H and O–H groups in total. The molecule has 7 heteroatoms. The third-order valence-electron chi connectivity index (χ3n) is 2.53. The quantitative estimate of drug-likeness (QED) is 0.311. The SMILES string of the molecule is CCC(=O)NCC(/C=C(\CC)C(C)[N+](=O)[O-])=N/O. The first kappa shape index (κ1) is 16.1. The van der Waals surface area contributed by atoms with Crippen LogP contribution < -0.4 is 5.32 Å². The Balaban J connectivity index is 4.75. The molecule has 0 aliphatic heterocycles. The van der Waals surface area contributed by atoms with Crippen molar-refractivity contribution in [1.29, 1.82) is 0 Å². The summed E-state index contributed by atoms with van der Waals surface area (Å²) >= 11 is 0. The van der Waals surface area contributed by atoms with Crippen LogP contribution in [0, 0.1) is 10.1 Å². The van der Waals surface area contributed by atoms with Gasteiger partial charge in [-0.25, -0.2) is 0 Å². The van der Waals surface area contributed by atoms with Crippen LogP contribution in [-0.4, -0.2) is 34.3 Å². The molecule has 0 saturated heterocycles. The van der Waals surface area contributed by atoms with E-state index < -0.39 is 11.0 Å². The van der Waals surface area contributed by atoms with E-state index in [9.17, 15) is 14.9 Å². The minimum atomic E-state index is -0.839. The Morgan fingerprint density at radius 2 is 2.11 bits per heavy atom. The molecular formula is C11H19N3O4. The maximum absolute atomic E-state index is 11.1. The zero-order valence-electron chi connectivity index (χ0n) is 10.8. The number of hydrogen-bond acceptors (Lipinski definition) is 5. The first-order valence-electron chi connectivity index (χ1n) is 5.77. The fraction of sp³-hybridized carbons (Fsp3) is 0.636. The third-order valence-corrected chi connectivity index (χ3v) is 2.53. The highest BCUT2D eigenvalue weighted by atomic mass is 16.6. The van der Waals surface area contributed by atoms with Gasteiger partial charge in [-0.05, 0) is 12.5 Å². The molecule has 0 aliphatic carbocycles. The van der Waals surface area contributed by atoms with Crippen LogP contribution in [0.2, 0.25) is 0 Å². The van der Waals surface area contributed by atoms with Gasteiger partial charge in [0, 0.05) is 23.8 Å². The van der Waals surface area contributed by atoms with Crippen LogP contribution in [0.5, 0.6) is 0 Å². The highest BCUT2D eigenvalue weighted by molar-refractivity contribution is 5.98. The van der Waals surface area contributed by atoms with Gasteiger partial charge in [0.15, 0.2) is 0 Å². The average Bonchev–Trinajstić information content (AvgIpc) is 2.37. The topological polar surface area (TPSA) is 105 Å². The second kappa shape index (κ2) is 8.21. The Labute approximate surface area is 106 Å². The van der Waals surface area contributed by atoms with E-state index in [0.29, 0.717) is 18.4 Å². The van der Waals surface area contributed by atoms with Crippen LogP contribution in [0.3, 0.4) is 0 Å². The molecule has 0 bridgehead atoms. The van der Waals surface area contributed by atoms with Gasteiger partial charge < -0.3 is 10.5 Å². The molecule has 0 rings (SSSR count). The van der Waals surface area contributed by atoms with Crippen LogP contribution in [0.4, 0.5) is 0 Å². The van der Waals surface area contributed by atoms with E-state index in [1.54, 1.807) is 13.8 Å². The van der Waals surface area contributed by atoms with Gasteiger partial charge in [-0.2, -0.15) is 0 Å². The first-order chi connectivity index (χ1) is 8.46. The Hall–Kier alpha value is -1.92. The van der Waals surface area contributed by atoms with Crippen molar-refractivity contribution in [2.45, 2.75) is 39.7 Å². The minimum Gasteiger partial charge on any atom is -0.411 e. The van der Waals surface area contributed by atoms with E-state index in [1.165, 1.54) is 13.0 Å². The standard InChI is InChI=1S/C11H19N3O4/c1-4-9(8(3)14(17)18)6-10(13-16)7-12-11(15)5-2/h6,8,16H,4-5,7H2,1-3H3,(H,12,15)/b9-6+,13-10+. The maximum atomic E-state index is 11.1. The molecule has 0 aromatic heterocycles. The molecule has 0 fully saturated rings. The van der Waals surface area contributed by atoms with Crippen LogP contribution >= 0.6 is 0 Å². The lowest BCUT2D eigenvalue weighted by Gasteiger charge is -2.08. The number of carbonyl (C=O) groups is 1. The lowest BCUT2D eigenvalue weighted by molar-refractivity contribution is -0.507. The minimum absolute atomic E-state index is 0.0527. The summed E-state index contributed by atoms with van der Waals surface area (Å²) in [4.78, 5) is 21.3. The number of rotatable bonds is 7. The van der Waals surface area contributed by atoms with E-state index >= 15 is 0 Å². The lowest BCUT2D eigenvalue weighted by Crippen LogP contribution is -2.29. The molecule has 1 atom stereocenters. The predicted molar refractivity (Wildman–Crippen MR) is 67.4 cm³/mol. The van der Waals surface area contributed by atoms with Gasteiger partial charge in [0.2, 0.25) is 11.9 Å². The van der Waals surface area contributed by atoms with Crippen molar-refractivity contribution in [1.82, 2.24) is 5.32 Å². The van der Waals surface area contributed by atoms with E-state index in [0.717, 1.165) is 0 Å². The normalized spacial score (nSPS) is 14.2. The Morgan fingerprint density at radius 3 is 2.50 bits per heavy atom. The lowest BCUT2D eigenvalue weighted by atomic mass is 10.0. The summed E-state index contributed by atoms with van der Waals surface area (Å²) in [6, 6.07) is -0.839. The summed E-state index contributed by atoms with van der Waals surface area (Å²) < 4.78 is 0. The number of nitro groups is 1. The zero-order valence-corrected chi connectivity index (χ0v) is 10.8. The van der Waals surface area contributed by atoms with Gasteiger partial charge in [-0.15, -0.1) is 0 Å². The largest absolute Gasteiger partial charge is 0.411 e. The summed E-state index contributed by atoms with van der Waals surface area (Å²) in [7, 11) is 0. The molecule has 7 nitrogen and oxygen atoms in total. The Morgan fingerprint density at radius 1 is 1.50 bits per heavy atom. The van der Waals surface area contributed by atoms with Gasteiger partial charge in [-0.3, -0.25) is 14.9 Å². The van der Waals surface area contributed by atoms with Crippen LogP contribution in [0.15, 0.2) is 16.8 Å². The first-order valence-corrected chi connectivity index (χ1v) is 5.77. The van der Waals surface area contributed by atoms with E-state index in [-0.39, 0.29) is 18.2 Å². The maximum Gasteiger partial charge on any atom is 0.231 e. The van der Waals surface area contributed by atoms with Crippen LogP contribution in [-0.2, 0) is 4.79 Å². The summed E-state index contributed by atoms with van der Waals surface area (Å²) in [6.45, 7) is 5.00. The third kappa shape index (κ3) is 5.42. The van der Waals surface area contributed by atoms with Crippen molar-refractivity contribution < 1.29 is 14.9 Å². The summed E-state index contributed by atoms with van der Waals surface area (Å²) in [5, 5.41) is 25.0. The molecule has 1 amide bonds. The van der Waals surface area contributed by atoms with Crippen LogP contribution in [0.1, 0.15) is 33.6 Å². The second-order valence-electron chi connectivity index (χ2n) is 3.76. The zero-order chi connectivity index (χ0) is 14.1. The van der Waals surface area contributed by atoms with Crippen molar-refractivity contribution in [3.8, 4) is 0 Å². The van der Waals surface area contributed by atoms with Gasteiger partial charge in [0.1, 0.15) is 0 Å². The van der Waals surface area contributed by atoms with Crippen LogP contribution in [0.25, 0.3) is 0 Å². The molecule has 102 valence electrons. The molecule has 0 heterocycles. The van der Waals surface area contributed by atoms with E-state index in [1.807, 2.05) is 0 Å². The molecule has 0 aliphatic rings. The molecule has 0 aromatic carbocycles. The number of oxime groups is 1. The van der Waals surface area contributed by atoms with E-state index in [4.69, 9.17) is 5.21 Å². The van der Waals surface area contributed by atoms with Crippen molar-refractivity contribution >= 4 is 11.6 Å². The number of amides is 1. The Bertz CT molecular complexity index is 363. The van der Waals surface area contributed by atoms with E-state index in [2.05, 4.69) is 10.5 Å². The van der Waals surface area contributed by atoms with Crippen molar-refractivity contribution in [3.05, 3.63) is 21.8 Å². The molecule has 0 aromatic rings. The number of hydrogen-bond donors (Lipinski definition) is 2. The number of nitrogens with one attached hydrogen (secondary N) is 1. The highest BCUT2D eigenvalue weighted by Gasteiger charge is 2.18. The summed E-state index contributed by atoms with van der Waals surface area (Å²) in [5.74, 6) is -0.176. The molecular weight excluding hydrogens is 238 g/mol. The number of nitrogens with zero attached hydrogens (tertiary/aromatic N) is 2. The average molecular weight is 257 g/mol. The fourth-order valence-electron chi connectivity index (χ4n) is 1.30. The highest BCUT2D eigenvalue weighted by Crippen LogP contribution is 2.10. The van der Waals surface area contributed by atoms with Crippen molar-refractivity contribution in [2.24, 2.45) is 5.16 Å². The summed E-state index contributed by atoms with van der Waals surface area (Å²) in [5.41, 5.74) is 0.737. The van der Waals surface area contributed by atoms with Crippen molar-refractivity contribution in [2.75, 3.05) is 6.54 Å². The predicted octanol–water partition coefficient (Wildman–Crippen LogP) is 1.34. The van der Waals surface area contributed by atoms with Gasteiger partial charge in [0.05, 0.1) is 12.3 Å². The molecule has 0 saturated carbocycles. The number of carbonyl (C=O) groups excluding carboxylic acids is 1. The fourth-order valence-corrected chi connectivity index (χ4v) is 1.30. The van der Waals surface area contributed by atoms with Gasteiger partial charge >= 0.3 is 0 Å². The van der Waals surface area contributed by atoms with Crippen molar-refractivity contribution in [3.63, 3.8) is 0 Å². The van der Waals surface area contributed by atoms with Gasteiger partial charge in [0.25, 0.3) is 0 Å². The van der Waals surface area contributed by atoms with Gasteiger partial charge in [-0.1, -0.05) is 19.0 Å². The second-order valence-corrected chi connectivity index (χ2v) is 3.76. The Kier molecular flexibility index (Phi) is 7.34. The molecule has 1 unspecified atom stereocenters.